The van der Waals surface area contributed by atoms with E-state index in [1.165, 1.54) is 24.2 Å². The highest BCUT2D eigenvalue weighted by Gasteiger charge is 2.41. The molecule has 0 aromatic carbocycles. The summed E-state index contributed by atoms with van der Waals surface area (Å²) in [6.07, 6.45) is 4.01. The fourth-order valence-electron chi connectivity index (χ4n) is 3.86. The van der Waals surface area contributed by atoms with Gasteiger partial charge in [-0.25, -0.2) is 0 Å². The Hall–Kier alpha value is -1.25. The number of likely N-dealkylation sites (tertiary alicyclic amines) is 2. The van der Waals surface area contributed by atoms with Crippen molar-refractivity contribution in [3.8, 4) is 5.19 Å². The molecule has 1 atom stereocenters. The number of nitrogens with zero attached hydrogens (tertiary/aromatic N) is 4. The monoisotopic (exact) mass is 354 g/mol. The maximum Gasteiger partial charge on any atom is 0.293 e. The topological polar surface area (TPSA) is 67.8 Å². The number of amides is 1. The summed E-state index contributed by atoms with van der Waals surface area (Å²) in [7, 11) is 3.30. The van der Waals surface area contributed by atoms with Crippen LogP contribution < -0.4 is 4.74 Å². The van der Waals surface area contributed by atoms with Gasteiger partial charge in [0, 0.05) is 38.6 Å². The Bertz CT molecular complexity index is 567. The molecule has 134 valence electrons. The van der Waals surface area contributed by atoms with E-state index in [1.807, 2.05) is 4.90 Å². The van der Waals surface area contributed by atoms with Crippen molar-refractivity contribution >= 4 is 17.2 Å². The van der Waals surface area contributed by atoms with Crippen molar-refractivity contribution < 1.29 is 14.3 Å². The Morgan fingerprint density at radius 1 is 1.25 bits per heavy atom. The van der Waals surface area contributed by atoms with Gasteiger partial charge in [-0.15, -0.1) is 10.2 Å². The van der Waals surface area contributed by atoms with Crippen molar-refractivity contribution in [3.05, 3.63) is 5.01 Å². The summed E-state index contributed by atoms with van der Waals surface area (Å²) >= 11 is 1.51. The highest BCUT2D eigenvalue weighted by atomic mass is 32.1. The lowest BCUT2D eigenvalue weighted by Gasteiger charge is -2.48. The first-order valence-corrected chi connectivity index (χ1v) is 9.31. The van der Waals surface area contributed by atoms with Crippen LogP contribution in [0.1, 0.15) is 30.7 Å². The molecule has 7 nitrogen and oxygen atoms in total. The third kappa shape index (κ3) is 4.04. The molecule has 1 aromatic rings. The zero-order valence-corrected chi connectivity index (χ0v) is 15.3. The Morgan fingerprint density at radius 2 is 2.12 bits per heavy atom. The van der Waals surface area contributed by atoms with Crippen LogP contribution in [0, 0.1) is 5.41 Å². The van der Waals surface area contributed by atoms with Gasteiger partial charge in [0.05, 0.1) is 20.3 Å². The van der Waals surface area contributed by atoms with Gasteiger partial charge in [0.1, 0.15) is 5.01 Å². The Labute approximate surface area is 146 Å². The molecule has 0 unspecified atom stereocenters. The first-order valence-electron chi connectivity index (χ1n) is 8.49. The number of carbonyl (C=O) groups is 1. The van der Waals surface area contributed by atoms with E-state index in [9.17, 15) is 4.79 Å². The number of methoxy groups -OCH3 is 2. The van der Waals surface area contributed by atoms with Crippen LogP contribution in [-0.4, -0.2) is 72.9 Å². The van der Waals surface area contributed by atoms with Crippen molar-refractivity contribution in [1.29, 1.82) is 0 Å². The molecule has 0 aliphatic carbocycles. The van der Waals surface area contributed by atoms with Crippen molar-refractivity contribution in [2.45, 2.75) is 32.2 Å². The lowest BCUT2D eigenvalue weighted by molar-refractivity contribution is -0.140. The summed E-state index contributed by atoms with van der Waals surface area (Å²) < 4.78 is 10.3. The Balaban J connectivity index is 1.62. The van der Waals surface area contributed by atoms with E-state index < -0.39 is 0 Å². The number of carbonyl (C=O) groups excluding carboxylic acids is 1. The predicted molar refractivity (Wildman–Crippen MR) is 91.1 cm³/mol. The van der Waals surface area contributed by atoms with E-state index >= 15 is 0 Å². The smallest absolute Gasteiger partial charge is 0.293 e. The summed E-state index contributed by atoms with van der Waals surface area (Å²) in [5, 5.41) is 9.82. The van der Waals surface area contributed by atoms with E-state index in [4.69, 9.17) is 9.47 Å². The summed E-state index contributed by atoms with van der Waals surface area (Å²) in [4.78, 5) is 16.6. The summed E-state index contributed by atoms with van der Waals surface area (Å²) in [6, 6.07) is 0. The molecule has 0 bridgehead atoms. The normalized spacial score (nSPS) is 25.4. The zero-order chi connectivity index (χ0) is 17.0. The van der Waals surface area contributed by atoms with Gasteiger partial charge in [-0.3, -0.25) is 9.69 Å². The molecule has 2 fully saturated rings. The molecule has 0 saturated carbocycles. The summed E-state index contributed by atoms with van der Waals surface area (Å²) in [5.74, 6) is 0.267. The van der Waals surface area contributed by atoms with Gasteiger partial charge in [0.15, 0.2) is 0 Å². The number of piperidine rings is 2. The lowest BCUT2D eigenvalue weighted by Crippen LogP contribution is -2.54. The number of rotatable bonds is 6. The Kier molecular flexibility index (Phi) is 5.68. The standard InChI is InChI=1S/C16H26N4O3S/c1-22-9-8-20-12-16(6-4-14(20)21)5-3-7-19(11-16)10-13-17-18-15(23-2)24-13/h3-12H2,1-2H3/t16-/m0/s1. The third-order valence-electron chi connectivity index (χ3n) is 5.04. The fraction of sp³-hybridized carbons (Fsp3) is 0.812. The van der Waals surface area contributed by atoms with E-state index in [0.717, 1.165) is 37.6 Å². The van der Waals surface area contributed by atoms with Crippen molar-refractivity contribution in [2.24, 2.45) is 5.41 Å². The fourth-order valence-corrected chi connectivity index (χ4v) is 4.56. The first kappa shape index (κ1) is 17.6. The SMILES string of the molecule is COCCN1C[C@@]2(CCCN(Cc3nnc(OC)s3)C2)CCC1=O. The van der Waals surface area contributed by atoms with Crippen LogP contribution in [0.2, 0.25) is 0 Å². The van der Waals surface area contributed by atoms with Gasteiger partial charge in [-0.05, 0) is 25.8 Å². The second kappa shape index (κ2) is 7.76. The lowest BCUT2D eigenvalue weighted by atomic mass is 9.73. The van der Waals surface area contributed by atoms with E-state index in [1.54, 1.807) is 14.2 Å². The van der Waals surface area contributed by atoms with E-state index in [-0.39, 0.29) is 11.3 Å². The van der Waals surface area contributed by atoms with Crippen LogP contribution in [0.4, 0.5) is 0 Å². The average molecular weight is 354 g/mol. The summed E-state index contributed by atoms with van der Waals surface area (Å²) in [5.41, 5.74) is 0.217. The van der Waals surface area contributed by atoms with Crippen LogP contribution in [-0.2, 0) is 16.1 Å². The molecule has 0 N–H and O–H groups in total. The molecule has 8 heteroatoms. The summed E-state index contributed by atoms with van der Waals surface area (Å²) in [6.45, 7) is 5.07. The third-order valence-corrected chi connectivity index (χ3v) is 5.91. The Morgan fingerprint density at radius 3 is 2.88 bits per heavy atom. The molecule has 1 spiro atoms. The maximum atomic E-state index is 12.2. The first-order chi connectivity index (χ1) is 11.6. The van der Waals surface area contributed by atoms with Gasteiger partial charge in [-0.1, -0.05) is 11.3 Å². The van der Waals surface area contributed by atoms with Crippen LogP contribution in [0.15, 0.2) is 0 Å². The van der Waals surface area contributed by atoms with Gasteiger partial charge in [-0.2, -0.15) is 0 Å². The number of hydrogen-bond donors (Lipinski definition) is 0. The molecule has 2 saturated heterocycles. The van der Waals surface area contributed by atoms with Crippen molar-refractivity contribution in [1.82, 2.24) is 20.0 Å². The van der Waals surface area contributed by atoms with Crippen LogP contribution in [0.25, 0.3) is 0 Å². The molecule has 0 radical (unpaired) electrons. The zero-order valence-electron chi connectivity index (χ0n) is 14.5. The minimum atomic E-state index is 0.217. The highest BCUT2D eigenvalue weighted by Crippen LogP contribution is 2.39. The van der Waals surface area contributed by atoms with Crippen molar-refractivity contribution in [2.75, 3.05) is 47.0 Å². The molecular weight excluding hydrogens is 328 g/mol. The largest absolute Gasteiger partial charge is 0.472 e. The average Bonchev–Trinajstić information content (AvgIpc) is 3.04. The predicted octanol–water partition coefficient (Wildman–Crippen LogP) is 1.40. The number of aromatic nitrogens is 2. The highest BCUT2D eigenvalue weighted by molar-refractivity contribution is 7.13. The molecule has 3 heterocycles. The number of hydrogen-bond acceptors (Lipinski definition) is 7. The van der Waals surface area contributed by atoms with Gasteiger partial charge in [0.2, 0.25) is 5.91 Å². The number of ether oxygens (including phenoxy) is 2. The quantitative estimate of drug-likeness (QED) is 0.769. The van der Waals surface area contributed by atoms with E-state index in [0.29, 0.717) is 24.8 Å². The van der Waals surface area contributed by atoms with Crippen LogP contribution >= 0.6 is 11.3 Å². The minimum Gasteiger partial charge on any atom is -0.472 e. The minimum absolute atomic E-state index is 0.217. The molecule has 2 aliphatic rings. The molecule has 1 aromatic heterocycles. The van der Waals surface area contributed by atoms with E-state index in [2.05, 4.69) is 15.1 Å². The molecular formula is C16H26N4O3S. The van der Waals surface area contributed by atoms with Crippen LogP contribution in [0.5, 0.6) is 5.19 Å². The maximum absolute atomic E-state index is 12.2. The second-order valence-corrected chi connectivity index (χ2v) is 7.81. The van der Waals surface area contributed by atoms with Crippen LogP contribution in [0.3, 0.4) is 0 Å². The van der Waals surface area contributed by atoms with Gasteiger partial charge < -0.3 is 14.4 Å². The van der Waals surface area contributed by atoms with Gasteiger partial charge in [0.25, 0.3) is 5.19 Å². The van der Waals surface area contributed by atoms with Gasteiger partial charge >= 0.3 is 0 Å². The molecule has 1 amide bonds. The second-order valence-electron chi connectivity index (χ2n) is 6.79. The van der Waals surface area contributed by atoms with Crippen molar-refractivity contribution in [3.63, 3.8) is 0 Å². The molecule has 3 rings (SSSR count). The molecule has 2 aliphatic heterocycles. The molecule has 24 heavy (non-hydrogen) atoms.